The highest BCUT2D eigenvalue weighted by molar-refractivity contribution is 7.99. The first-order chi connectivity index (χ1) is 8.91. The van der Waals surface area contributed by atoms with Crippen LogP contribution in [0.25, 0.3) is 0 Å². The Balaban J connectivity index is 2.37. The topological polar surface area (TPSA) is 57.6 Å². The first kappa shape index (κ1) is 13.7. The number of carboxylic acids is 1. The maximum atomic E-state index is 13.5. The summed E-state index contributed by atoms with van der Waals surface area (Å²) < 4.78 is 39.7. The number of carboxylic acid groups (broad SMARTS) is 1. The molecule has 1 amide bonds. The van der Waals surface area contributed by atoms with Crippen molar-refractivity contribution in [1.82, 2.24) is 4.90 Å². The zero-order chi connectivity index (χ0) is 14.2. The van der Waals surface area contributed by atoms with E-state index in [1.54, 1.807) is 0 Å². The largest absolute Gasteiger partial charge is 0.480 e. The minimum atomic E-state index is -1.34. The molecule has 4 nitrogen and oxygen atoms in total. The van der Waals surface area contributed by atoms with Gasteiger partial charge in [-0.15, -0.1) is 11.8 Å². The summed E-state index contributed by atoms with van der Waals surface area (Å²) in [6.07, 6.45) is 0. The molecule has 8 heteroatoms. The van der Waals surface area contributed by atoms with Crippen molar-refractivity contribution in [2.24, 2.45) is 0 Å². The van der Waals surface area contributed by atoms with Crippen molar-refractivity contribution in [2.45, 2.75) is 6.04 Å². The number of hydrogen-bond donors (Lipinski definition) is 1. The molecule has 1 aromatic rings. The van der Waals surface area contributed by atoms with Crippen molar-refractivity contribution >= 4 is 23.6 Å². The zero-order valence-electron chi connectivity index (χ0n) is 9.40. The lowest BCUT2D eigenvalue weighted by Gasteiger charge is -2.20. The fourth-order valence-corrected chi connectivity index (χ4v) is 2.88. The number of nitrogens with zero attached hydrogens (tertiary/aromatic N) is 1. The van der Waals surface area contributed by atoms with E-state index in [-0.39, 0.29) is 11.6 Å². The van der Waals surface area contributed by atoms with Gasteiger partial charge in [0.25, 0.3) is 5.91 Å². The Bertz CT molecular complexity index is 529. The van der Waals surface area contributed by atoms with Crippen molar-refractivity contribution < 1.29 is 27.9 Å². The Morgan fingerprint density at radius 3 is 2.37 bits per heavy atom. The summed E-state index contributed by atoms with van der Waals surface area (Å²) in [5, 5.41) is 8.91. The van der Waals surface area contributed by atoms with Gasteiger partial charge in [0, 0.05) is 17.9 Å². The molecular weight excluding hydrogens is 283 g/mol. The van der Waals surface area contributed by atoms with Crippen LogP contribution in [0.3, 0.4) is 0 Å². The number of aliphatic carboxylic acids is 1. The van der Waals surface area contributed by atoms with Crippen LogP contribution in [-0.4, -0.2) is 39.6 Å². The second kappa shape index (κ2) is 5.12. The predicted molar refractivity (Wildman–Crippen MR) is 61.2 cm³/mol. The van der Waals surface area contributed by atoms with Gasteiger partial charge in [-0.25, -0.2) is 18.0 Å². The molecule has 1 aliphatic heterocycles. The maximum absolute atomic E-state index is 13.5. The van der Waals surface area contributed by atoms with E-state index in [9.17, 15) is 22.8 Å². The molecule has 0 bridgehead atoms. The van der Waals surface area contributed by atoms with Crippen molar-refractivity contribution in [2.75, 3.05) is 11.6 Å². The lowest BCUT2D eigenvalue weighted by atomic mass is 10.1. The third kappa shape index (κ3) is 2.53. The normalized spacial score (nSPS) is 18.7. The Kier molecular flexibility index (Phi) is 3.70. The van der Waals surface area contributed by atoms with E-state index >= 15 is 0 Å². The maximum Gasteiger partial charge on any atom is 0.327 e. The zero-order valence-corrected chi connectivity index (χ0v) is 10.2. The number of carbonyl (C=O) groups is 2. The first-order valence-corrected chi connectivity index (χ1v) is 6.33. The predicted octanol–water partition coefficient (Wildman–Crippen LogP) is 1.70. The highest BCUT2D eigenvalue weighted by Crippen LogP contribution is 2.25. The van der Waals surface area contributed by atoms with Gasteiger partial charge in [-0.2, -0.15) is 0 Å². The monoisotopic (exact) mass is 291 g/mol. The number of amides is 1. The molecule has 1 fully saturated rings. The molecule has 1 saturated heterocycles. The van der Waals surface area contributed by atoms with E-state index < -0.39 is 40.9 Å². The van der Waals surface area contributed by atoms with Gasteiger partial charge >= 0.3 is 5.97 Å². The van der Waals surface area contributed by atoms with Crippen LogP contribution in [0.5, 0.6) is 0 Å². The van der Waals surface area contributed by atoms with Gasteiger partial charge in [0.15, 0.2) is 0 Å². The molecule has 102 valence electrons. The Hall–Kier alpha value is -1.70. The van der Waals surface area contributed by atoms with Crippen molar-refractivity contribution in [3.63, 3.8) is 0 Å². The molecule has 19 heavy (non-hydrogen) atoms. The van der Waals surface area contributed by atoms with Gasteiger partial charge in [0.2, 0.25) is 0 Å². The minimum Gasteiger partial charge on any atom is -0.480 e. The van der Waals surface area contributed by atoms with Gasteiger partial charge < -0.3 is 10.0 Å². The van der Waals surface area contributed by atoms with Gasteiger partial charge in [0.1, 0.15) is 29.1 Å². The van der Waals surface area contributed by atoms with Crippen molar-refractivity contribution in [3.8, 4) is 0 Å². The molecule has 0 unspecified atom stereocenters. The number of halogens is 3. The Morgan fingerprint density at radius 2 is 1.84 bits per heavy atom. The van der Waals surface area contributed by atoms with Crippen LogP contribution in [-0.2, 0) is 4.79 Å². The first-order valence-electron chi connectivity index (χ1n) is 5.18. The summed E-state index contributed by atoms with van der Waals surface area (Å²) >= 11 is 1.16. The summed E-state index contributed by atoms with van der Waals surface area (Å²) in [5.74, 6) is -6.00. The van der Waals surface area contributed by atoms with E-state index in [4.69, 9.17) is 5.11 Å². The molecule has 1 atom stereocenters. The average Bonchev–Trinajstić information content (AvgIpc) is 2.75. The van der Waals surface area contributed by atoms with Gasteiger partial charge in [-0.1, -0.05) is 0 Å². The molecular formula is C11H8F3NO3S. The summed E-state index contributed by atoms with van der Waals surface area (Å²) in [6.45, 7) is 0. The van der Waals surface area contributed by atoms with Crippen molar-refractivity contribution in [1.29, 1.82) is 0 Å². The highest BCUT2D eigenvalue weighted by Gasteiger charge is 2.37. The summed E-state index contributed by atoms with van der Waals surface area (Å²) in [4.78, 5) is 23.7. The van der Waals surface area contributed by atoms with E-state index in [1.807, 2.05) is 0 Å². The van der Waals surface area contributed by atoms with E-state index in [0.29, 0.717) is 12.1 Å². The number of carbonyl (C=O) groups excluding carboxylic acids is 1. The fourth-order valence-electron chi connectivity index (χ4n) is 1.74. The SMILES string of the molecule is O=C(O)[C@@H]1CSCN1C(=O)c1c(F)cc(F)cc1F. The molecule has 0 spiro atoms. The van der Waals surface area contributed by atoms with Crippen LogP contribution in [0, 0.1) is 17.5 Å². The summed E-state index contributed by atoms with van der Waals surface area (Å²) in [6, 6.07) is -0.369. The van der Waals surface area contributed by atoms with Crippen LogP contribution in [0.4, 0.5) is 13.2 Å². The molecule has 0 aliphatic carbocycles. The Labute approximate surface area is 110 Å². The molecule has 0 radical (unpaired) electrons. The van der Waals surface area contributed by atoms with E-state index in [1.165, 1.54) is 0 Å². The molecule has 1 heterocycles. The standard InChI is InChI=1S/C11H8F3NO3S/c12-5-1-6(13)9(7(14)2-5)10(16)15-4-19-3-8(15)11(17)18/h1-2,8H,3-4H2,(H,17,18)/t8-/m0/s1. The van der Waals surface area contributed by atoms with Crippen LogP contribution in [0.15, 0.2) is 12.1 Å². The molecule has 1 aliphatic rings. The molecule has 1 aromatic carbocycles. The van der Waals surface area contributed by atoms with E-state index in [0.717, 1.165) is 16.7 Å². The van der Waals surface area contributed by atoms with Crippen molar-refractivity contribution in [3.05, 3.63) is 35.1 Å². The summed E-state index contributed by atoms with van der Waals surface area (Å²) in [7, 11) is 0. The second-order valence-corrected chi connectivity index (χ2v) is 4.87. The van der Waals surface area contributed by atoms with Gasteiger partial charge in [-0.3, -0.25) is 4.79 Å². The number of benzene rings is 1. The third-order valence-electron chi connectivity index (χ3n) is 2.65. The molecule has 0 aromatic heterocycles. The van der Waals surface area contributed by atoms with Gasteiger partial charge in [0.05, 0.1) is 5.88 Å². The van der Waals surface area contributed by atoms with Crippen LogP contribution in [0.2, 0.25) is 0 Å². The van der Waals surface area contributed by atoms with Crippen LogP contribution >= 0.6 is 11.8 Å². The number of thioether (sulfide) groups is 1. The lowest BCUT2D eigenvalue weighted by Crippen LogP contribution is -2.42. The Morgan fingerprint density at radius 1 is 1.26 bits per heavy atom. The summed E-state index contributed by atoms with van der Waals surface area (Å²) in [5.41, 5.74) is -0.935. The molecule has 2 rings (SSSR count). The second-order valence-electron chi connectivity index (χ2n) is 3.87. The minimum absolute atomic E-state index is 0.0199. The number of rotatable bonds is 2. The lowest BCUT2D eigenvalue weighted by molar-refractivity contribution is -0.140. The fraction of sp³-hybridized carbons (Fsp3) is 0.273. The molecule has 1 N–H and O–H groups in total. The van der Waals surface area contributed by atoms with Gasteiger partial charge in [-0.05, 0) is 0 Å². The van der Waals surface area contributed by atoms with E-state index in [2.05, 4.69) is 0 Å². The highest BCUT2D eigenvalue weighted by atomic mass is 32.2. The van der Waals surface area contributed by atoms with Crippen LogP contribution in [0.1, 0.15) is 10.4 Å². The smallest absolute Gasteiger partial charge is 0.327 e. The third-order valence-corrected chi connectivity index (χ3v) is 3.66. The number of hydrogen-bond acceptors (Lipinski definition) is 3. The van der Waals surface area contributed by atoms with Crippen LogP contribution < -0.4 is 0 Å². The molecule has 0 saturated carbocycles. The average molecular weight is 291 g/mol. The quantitative estimate of drug-likeness (QED) is 0.901.